The van der Waals surface area contributed by atoms with Crippen LogP contribution in [-0.4, -0.2) is 31.9 Å². The van der Waals surface area contributed by atoms with Crippen LogP contribution in [0.1, 0.15) is 30.5 Å². The van der Waals surface area contributed by atoms with E-state index in [9.17, 15) is 9.59 Å². The average molecular weight is 448 g/mol. The highest BCUT2D eigenvalue weighted by Gasteiger charge is 2.18. The van der Waals surface area contributed by atoms with E-state index in [1.54, 1.807) is 20.1 Å². The van der Waals surface area contributed by atoms with Crippen molar-refractivity contribution in [2.45, 2.75) is 19.4 Å². The maximum Gasteiger partial charge on any atom is 0.407 e. The van der Waals surface area contributed by atoms with Crippen LogP contribution in [0.4, 0.5) is 4.79 Å². The molecule has 0 saturated heterocycles. The van der Waals surface area contributed by atoms with Crippen LogP contribution in [0.5, 0.6) is 5.75 Å². The Balaban J connectivity index is 1.98. The van der Waals surface area contributed by atoms with Gasteiger partial charge in [-0.05, 0) is 52.2 Å². The molecule has 0 aromatic heterocycles. The molecule has 0 aliphatic rings. The number of hydrazone groups is 1. The first kappa shape index (κ1) is 21.4. The standard InChI is InChI=1S/C20H22BrN3O4/c1-3-28-20(26)23-17(15-7-5-4-6-8-15)12-19(25)24-22-13-14-9-10-18(27-2)16(21)11-14/h4-11,13,17H,3,12H2,1-2H3,(H,23,26)(H,24,25)/b22-13-/t17-/m1/s1. The van der Waals surface area contributed by atoms with Crippen molar-refractivity contribution < 1.29 is 19.1 Å². The molecule has 1 atom stereocenters. The molecule has 2 aromatic rings. The highest BCUT2D eigenvalue weighted by molar-refractivity contribution is 9.10. The number of benzene rings is 2. The van der Waals surface area contributed by atoms with Gasteiger partial charge < -0.3 is 14.8 Å². The number of rotatable bonds is 8. The first-order chi connectivity index (χ1) is 13.5. The molecule has 0 radical (unpaired) electrons. The second-order valence-corrected chi connectivity index (χ2v) is 6.57. The number of ether oxygens (including phenoxy) is 2. The topological polar surface area (TPSA) is 89.0 Å². The third kappa shape index (κ3) is 6.70. The predicted octanol–water partition coefficient (Wildman–Crippen LogP) is 3.79. The van der Waals surface area contributed by atoms with Gasteiger partial charge >= 0.3 is 6.09 Å². The molecule has 0 spiro atoms. The van der Waals surface area contributed by atoms with Gasteiger partial charge in [0.15, 0.2) is 0 Å². The molecule has 8 heteroatoms. The van der Waals surface area contributed by atoms with Gasteiger partial charge in [0.1, 0.15) is 5.75 Å². The smallest absolute Gasteiger partial charge is 0.407 e. The van der Waals surface area contributed by atoms with E-state index in [4.69, 9.17) is 9.47 Å². The van der Waals surface area contributed by atoms with E-state index >= 15 is 0 Å². The van der Waals surface area contributed by atoms with Gasteiger partial charge in [0, 0.05) is 0 Å². The van der Waals surface area contributed by atoms with Crippen molar-refractivity contribution >= 4 is 34.1 Å². The van der Waals surface area contributed by atoms with Crippen molar-refractivity contribution in [1.82, 2.24) is 10.7 Å². The molecule has 2 rings (SSSR count). The lowest BCUT2D eigenvalue weighted by Gasteiger charge is -2.18. The summed E-state index contributed by atoms with van der Waals surface area (Å²) in [7, 11) is 1.58. The summed E-state index contributed by atoms with van der Waals surface area (Å²) in [5.41, 5.74) is 4.07. The Morgan fingerprint density at radius 1 is 1.21 bits per heavy atom. The van der Waals surface area contributed by atoms with E-state index in [2.05, 4.69) is 31.8 Å². The van der Waals surface area contributed by atoms with Gasteiger partial charge in [-0.25, -0.2) is 10.2 Å². The van der Waals surface area contributed by atoms with Crippen LogP contribution in [0.25, 0.3) is 0 Å². The molecule has 0 bridgehead atoms. The number of alkyl carbamates (subject to hydrolysis) is 1. The zero-order chi connectivity index (χ0) is 20.4. The Morgan fingerprint density at radius 3 is 2.61 bits per heavy atom. The Bertz CT molecular complexity index is 827. The second-order valence-electron chi connectivity index (χ2n) is 5.72. The molecule has 148 valence electrons. The van der Waals surface area contributed by atoms with Crippen molar-refractivity contribution in [3.63, 3.8) is 0 Å². The summed E-state index contributed by atoms with van der Waals surface area (Å²) in [4.78, 5) is 24.1. The highest BCUT2D eigenvalue weighted by Crippen LogP contribution is 2.24. The fraction of sp³-hybridized carbons (Fsp3) is 0.250. The highest BCUT2D eigenvalue weighted by atomic mass is 79.9. The minimum absolute atomic E-state index is 0.0203. The summed E-state index contributed by atoms with van der Waals surface area (Å²) in [5, 5.41) is 6.67. The quantitative estimate of drug-likeness (QED) is 0.475. The van der Waals surface area contributed by atoms with E-state index in [0.29, 0.717) is 5.75 Å². The van der Waals surface area contributed by atoms with Crippen molar-refractivity contribution in [3.05, 3.63) is 64.1 Å². The molecule has 2 amide bonds. The van der Waals surface area contributed by atoms with Crippen LogP contribution in [0.2, 0.25) is 0 Å². The Hall–Kier alpha value is -2.87. The number of amides is 2. The van der Waals surface area contributed by atoms with Crippen molar-refractivity contribution in [1.29, 1.82) is 0 Å². The average Bonchev–Trinajstić information content (AvgIpc) is 2.68. The third-order valence-electron chi connectivity index (χ3n) is 3.74. The van der Waals surface area contributed by atoms with Crippen LogP contribution in [0, 0.1) is 0 Å². The summed E-state index contributed by atoms with van der Waals surface area (Å²) in [5.74, 6) is 0.367. The van der Waals surface area contributed by atoms with Gasteiger partial charge in [-0.1, -0.05) is 30.3 Å². The number of hydrogen-bond donors (Lipinski definition) is 2. The van der Waals surface area contributed by atoms with Gasteiger partial charge in [-0.15, -0.1) is 0 Å². The Kier molecular flexibility index (Phi) is 8.48. The van der Waals surface area contributed by atoms with Gasteiger partial charge in [0.25, 0.3) is 0 Å². The monoisotopic (exact) mass is 447 g/mol. The molecule has 0 aliphatic carbocycles. The largest absolute Gasteiger partial charge is 0.496 e. The first-order valence-electron chi connectivity index (χ1n) is 8.67. The molecule has 0 fully saturated rings. The number of carbonyl (C=O) groups excluding carboxylic acids is 2. The molecule has 2 N–H and O–H groups in total. The van der Waals surface area contributed by atoms with E-state index < -0.39 is 12.1 Å². The summed E-state index contributed by atoms with van der Waals surface area (Å²) in [6, 6.07) is 14.1. The fourth-order valence-corrected chi connectivity index (χ4v) is 2.98. The third-order valence-corrected chi connectivity index (χ3v) is 4.36. The first-order valence-corrected chi connectivity index (χ1v) is 9.46. The minimum atomic E-state index is -0.573. The molecular formula is C20H22BrN3O4. The maximum atomic E-state index is 12.3. The van der Waals surface area contributed by atoms with Crippen LogP contribution in [0.15, 0.2) is 58.1 Å². The molecule has 0 aliphatic heterocycles. The SMILES string of the molecule is CCOC(=O)N[C@H](CC(=O)N/N=C\c1ccc(OC)c(Br)c1)c1ccccc1. The minimum Gasteiger partial charge on any atom is -0.496 e. The number of carbonyl (C=O) groups is 2. The van der Waals surface area contributed by atoms with E-state index in [-0.39, 0.29) is 18.9 Å². The van der Waals surface area contributed by atoms with Crippen molar-refractivity contribution in [3.8, 4) is 5.75 Å². The summed E-state index contributed by atoms with van der Waals surface area (Å²) in [6.45, 7) is 1.97. The lowest BCUT2D eigenvalue weighted by Crippen LogP contribution is -2.33. The Labute approximate surface area is 172 Å². The van der Waals surface area contributed by atoms with Crippen molar-refractivity contribution in [2.75, 3.05) is 13.7 Å². The summed E-state index contributed by atoms with van der Waals surface area (Å²) in [6.07, 6.45) is 0.973. The number of nitrogens with zero attached hydrogens (tertiary/aromatic N) is 1. The lowest BCUT2D eigenvalue weighted by molar-refractivity contribution is -0.121. The fourth-order valence-electron chi connectivity index (χ4n) is 2.43. The van der Waals surface area contributed by atoms with Gasteiger partial charge in [-0.2, -0.15) is 5.10 Å². The number of halogens is 1. The van der Waals surface area contributed by atoms with Gasteiger partial charge in [0.05, 0.1) is 36.9 Å². The van der Waals surface area contributed by atoms with Crippen LogP contribution in [-0.2, 0) is 9.53 Å². The number of methoxy groups -OCH3 is 1. The van der Waals surface area contributed by atoms with Crippen LogP contribution in [0.3, 0.4) is 0 Å². The van der Waals surface area contributed by atoms with E-state index in [1.165, 1.54) is 6.21 Å². The Morgan fingerprint density at radius 2 is 1.96 bits per heavy atom. The lowest BCUT2D eigenvalue weighted by atomic mass is 10.0. The molecule has 2 aromatic carbocycles. The van der Waals surface area contributed by atoms with E-state index in [0.717, 1.165) is 15.6 Å². The maximum absolute atomic E-state index is 12.3. The van der Waals surface area contributed by atoms with Crippen molar-refractivity contribution in [2.24, 2.45) is 5.10 Å². The zero-order valence-corrected chi connectivity index (χ0v) is 17.2. The van der Waals surface area contributed by atoms with Gasteiger partial charge in [0.2, 0.25) is 5.91 Å². The second kappa shape index (κ2) is 11.1. The number of hydrogen-bond acceptors (Lipinski definition) is 5. The molecule has 0 unspecified atom stereocenters. The van der Waals surface area contributed by atoms with Gasteiger partial charge in [-0.3, -0.25) is 4.79 Å². The zero-order valence-electron chi connectivity index (χ0n) is 15.6. The van der Waals surface area contributed by atoms with Crippen LogP contribution < -0.4 is 15.5 Å². The van der Waals surface area contributed by atoms with E-state index in [1.807, 2.05) is 42.5 Å². The number of nitrogens with one attached hydrogen (secondary N) is 2. The summed E-state index contributed by atoms with van der Waals surface area (Å²) >= 11 is 3.40. The molecular weight excluding hydrogens is 426 g/mol. The molecule has 7 nitrogen and oxygen atoms in total. The molecule has 0 saturated carbocycles. The van der Waals surface area contributed by atoms with Crippen LogP contribution >= 0.6 is 15.9 Å². The predicted molar refractivity (Wildman–Crippen MR) is 110 cm³/mol. The molecule has 0 heterocycles. The molecule has 28 heavy (non-hydrogen) atoms. The summed E-state index contributed by atoms with van der Waals surface area (Å²) < 4.78 is 10.9. The normalized spacial score (nSPS) is 11.7.